The zero-order valence-corrected chi connectivity index (χ0v) is 18.7. The summed E-state index contributed by atoms with van der Waals surface area (Å²) in [5, 5.41) is 2.87. The van der Waals surface area contributed by atoms with Crippen molar-refractivity contribution in [2.24, 2.45) is 0 Å². The van der Waals surface area contributed by atoms with Crippen LogP contribution in [0.4, 0.5) is 10.1 Å². The number of amides is 1. The van der Waals surface area contributed by atoms with Crippen molar-refractivity contribution < 1.29 is 22.3 Å². The van der Waals surface area contributed by atoms with Gasteiger partial charge in [0.25, 0.3) is 5.91 Å². The van der Waals surface area contributed by atoms with E-state index in [0.29, 0.717) is 38.5 Å². The molecule has 0 radical (unpaired) electrons. The van der Waals surface area contributed by atoms with E-state index in [0.717, 1.165) is 50.0 Å². The first-order valence-electron chi connectivity index (χ1n) is 10.9. The number of halogens is 1. The normalized spacial score (nSPS) is 18.4. The molecule has 2 aromatic carbocycles. The van der Waals surface area contributed by atoms with E-state index in [-0.39, 0.29) is 5.56 Å². The van der Waals surface area contributed by atoms with Gasteiger partial charge in [0.15, 0.2) is 0 Å². The highest BCUT2D eigenvalue weighted by Crippen LogP contribution is 2.25. The van der Waals surface area contributed by atoms with Crippen molar-refractivity contribution in [1.82, 2.24) is 9.21 Å². The van der Waals surface area contributed by atoms with Gasteiger partial charge >= 0.3 is 0 Å². The number of carbonyl (C=O) groups excluding carboxylic acids is 1. The molecule has 2 aliphatic rings. The van der Waals surface area contributed by atoms with E-state index in [9.17, 15) is 17.6 Å². The summed E-state index contributed by atoms with van der Waals surface area (Å²) in [6.07, 6.45) is 2.46. The van der Waals surface area contributed by atoms with Crippen LogP contribution in [0.2, 0.25) is 0 Å². The van der Waals surface area contributed by atoms with Crippen LogP contribution in [0.15, 0.2) is 47.4 Å². The zero-order chi connectivity index (χ0) is 22.6. The molecule has 0 saturated carbocycles. The van der Waals surface area contributed by atoms with Gasteiger partial charge in [-0.2, -0.15) is 4.31 Å². The van der Waals surface area contributed by atoms with Gasteiger partial charge in [-0.15, -0.1) is 0 Å². The van der Waals surface area contributed by atoms with Crippen LogP contribution < -0.4 is 5.32 Å². The average molecular weight is 462 g/mol. The number of nitrogens with one attached hydrogen (secondary N) is 1. The van der Waals surface area contributed by atoms with Crippen molar-refractivity contribution in [1.29, 1.82) is 0 Å². The number of ether oxygens (including phenoxy) is 1. The van der Waals surface area contributed by atoms with Crippen LogP contribution in [0.1, 0.15) is 35.2 Å². The van der Waals surface area contributed by atoms with Gasteiger partial charge < -0.3 is 10.1 Å². The van der Waals surface area contributed by atoms with Crippen molar-refractivity contribution in [3.63, 3.8) is 0 Å². The van der Waals surface area contributed by atoms with E-state index in [4.69, 9.17) is 4.74 Å². The number of hydrogen-bond acceptors (Lipinski definition) is 5. The Morgan fingerprint density at radius 3 is 2.47 bits per heavy atom. The molecule has 0 unspecified atom stereocenters. The highest BCUT2D eigenvalue weighted by Gasteiger charge is 2.29. The third-order valence-corrected chi connectivity index (χ3v) is 7.80. The number of hydrogen-bond donors (Lipinski definition) is 1. The fourth-order valence-electron chi connectivity index (χ4n) is 4.06. The number of benzene rings is 2. The monoisotopic (exact) mass is 461 g/mol. The standard InChI is InChI=1S/C23H28FN3O4S/c24-20-9-8-18(16-22(20)32(29,30)27-10-4-1-5-11-27)23(28)25-21-7-3-2-6-19(21)17-26-12-14-31-15-13-26/h2-3,6-9,16H,1,4-5,10-15,17H2,(H,25,28). The minimum atomic E-state index is -3.99. The largest absolute Gasteiger partial charge is 0.379 e. The molecule has 0 atom stereocenters. The SMILES string of the molecule is O=C(Nc1ccccc1CN1CCOCC1)c1ccc(F)c(S(=O)(=O)N2CCCCC2)c1. The predicted octanol–water partition coefficient (Wildman–Crippen LogP) is 3.08. The molecule has 0 aliphatic carbocycles. The molecule has 1 amide bonds. The van der Waals surface area contributed by atoms with Crippen LogP contribution in [-0.2, 0) is 21.3 Å². The number of nitrogens with zero attached hydrogens (tertiary/aromatic N) is 2. The van der Waals surface area contributed by atoms with Crippen LogP contribution in [-0.4, -0.2) is 62.9 Å². The lowest BCUT2D eigenvalue weighted by atomic mass is 10.1. The summed E-state index contributed by atoms with van der Waals surface area (Å²) in [7, 11) is -3.99. The molecule has 32 heavy (non-hydrogen) atoms. The van der Waals surface area contributed by atoms with Gasteiger partial charge in [0.05, 0.1) is 13.2 Å². The Hall–Kier alpha value is -2.33. The maximum absolute atomic E-state index is 14.5. The van der Waals surface area contributed by atoms with Gasteiger partial charge in [-0.25, -0.2) is 12.8 Å². The topological polar surface area (TPSA) is 79.0 Å². The summed E-state index contributed by atoms with van der Waals surface area (Å²) < 4.78 is 47.1. The van der Waals surface area contributed by atoms with Crippen molar-refractivity contribution in [3.8, 4) is 0 Å². The van der Waals surface area contributed by atoms with E-state index in [1.54, 1.807) is 0 Å². The second-order valence-corrected chi connectivity index (χ2v) is 10.0. The minimum Gasteiger partial charge on any atom is -0.379 e. The first kappa shape index (κ1) is 22.8. The number of sulfonamides is 1. The molecule has 2 fully saturated rings. The molecule has 0 aromatic heterocycles. The summed E-state index contributed by atoms with van der Waals surface area (Å²) in [5.41, 5.74) is 1.70. The molecule has 2 saturated heterocycles. The fraction of sp³-hybridized carbons (Fsp3) is 0.435. The number of morpholine rings is 1. The number of carbonyl (C=O) groups is 1. The lowest BCUT2D eigenvalue weighted by Crippen LogP contribution is -2.36. The van der Waals surface area contributed by atoms with Gasteiger partial charge in [0.1, 0.15) is 10.7 Å². The van der Waals surface area contributed by atoms with Crippen LogP contribution in [0.5, 0.6) is 0 Å². The predicted molar refractivity (Wildman–Crippen MR) is 120 cm³/mol. The molecule has 2 aliphatic heterocycles. The highest BCUT2D eigenvalue weighted by atomic mass is 32.2. The molecule has 0 bridgehead atoms. The molecule has 7 nitrogen and oxygen atoms in total. The number of piperidine rings is 1. The van der Waals surface area contributed by atoms with Crippen molar-refractivity contribution in [2.45, 2.75) is 30.7 Å². The van der Waals surface area contributed by atoms with Gasteiger partial charge in [0, 0.05) is 44.0 Å². The number of para-hydroxylation sites is 1. The highest BCUT2D eigenvalue weighted by molar-refractivity contribution is 7.89. The molecule has 172 valence electrons. The maximum atomic E-state index is 14.5. The first-order chi connectivity index (χ1) is 15.4. The van der Waals surface area contributed by atoms with E-state index in [1.807, 2.05) is 24.3 Å². The van der Waals surface area contributed by atoms with Gasteiger partial charge in [-0.3, -0.25) is 9.69 Å². The smallest absolute Gasteiger partial charge is 0.255 e. The summed E-state index contributed by atoms with van der Waals surface area (Å²) >= 11 is 0. The van der Waals surface area contributed by atoms with E-state index in [2.05, 4.69) is 10.2 Å². The number of anilines is 1. The second kappa shape index (κ2) is 10.1. The summed E-state index contributed by atoms with van der Waals surface area (Å²) in [6, 6.07) is 11.0. The zero-order valence-electron chi connectivity index (χ0n) is 17.9. The fourth-order valence-corrected chi connectivity index (χ4v) is 5.67. The Bertz CT molecular complexity index is 1060. The number of rotatable bonds is 6. The average Bonchev–Trinajstić information content (AvgIpc) is 2.82. The third-order valence-electron chi connectivity index (χ3n) is 5.89. The molecule has 0 spiro atoms. The van der Waals surface area contributed by atoms with Crippen LogP contribution in [0.25, 0.3) is 0 Å². The Morgan fingerprint density at radius 1 is 1.00 bits per heavy atom. The minimum absolute atomic E-state index is 0.100. The van der Waals surface area contributed by atoms with Crippen molar-refractivity contribution in [3.05, 3.63) is 59.4 Å². The first-order valence-corrected chi connectivity index (χ1v) is 12.4. The molecular weight excluding hydrogens is 433 g/mol. The van der Waals surface area contributed by atoms with Crippen LogP contribution >= 0.6 is 0 Å². The van der Waals surface area contributed by atoms with Crippen LogP contribution in [0, 0.1) is 5.82 Å². The van der Waals surface area contributed by atoms with Gasteiger partial charge in [0.2, 0.25) is 10.0 Å². The van der Waals surface area contributed by atoms with E-state index >= 15 is 0 Å². The summed E-state index contributed by atoms with van der Waals surface area (Å²) in [4.78, 5) is 14.7. The molecule has 2 heterocycles. The van der Waals surface area contributed by atoms with E-state index < -0.39 is 26.6 Å². The Morgan fingerprint density at radius 2 is 1.72 bits per heavy atom. The second-order valence-electron chi connectivity index (χ2n) is 8.11. The van der Waals surface area contributed by atoms with Crippen LogP contribution in [0.3, 0.4) is 0 Å². The quantitative estimate of drug-likeness (QED) is 0.715. The molecule has 9 heteroatoms. The van der Waals surface area contributed by atoms with Gasteiger partial charge in [-0.05, 0) is 42.7 Å². The molecule has 4 rings (SSSR count). The third kappa shape index (κ3) is 5.17. The summed E-state index contributed by atoms with van der Waals surface area (Å²) in [6.45, 7) is 4.39. The lowest BCUT2D eigenvalue weighted by molar-refractivity contribution is 0.0342. The maximum Gasteiger partial charge on any atom is 0.255 e. The lowest BCUT2D eigenvalue weighted by Gasteiger charge is -2.27. The Balaban J connectivity index is 1.54. The van der Waals surface area contributed by atoms with Crippen molar-refractivity contribution in [2.75, 3.05) is 44.7 Å². The Labute approximate surface area is 188 Å². The molecular formula is C23H28FN3O4S. The van der Waals surface area contributed by atoms with Crippen molar-refractivity contribution >= 4 is 21.6 Å². The summed E-state index contributed by atoms with van der Waals surface area (Å²) in [5.74, 6) is -1.32. The Kier molecular flexibility index (Phi) is 7.20. The van der Waals surface area contributed by atoms with E-state index in [1.165, 1.54) is 10.4 Å². The molecule has 1 N–H and O–H groups in total. The van der Waals surface area contributed by atoms with Gasteiger partial charge in [-0.1, -0.05) is 24.6 Å². The molecule has 2 aromatic rings.